The van der Waals surface area contributed by atoms with Crippen molar-refractivity contribution in [2.75, 3.05) is 18.5 Å². The zero-order chi connectivity index (χ0) is 13.4. The lowest BCUT2D eigenvalue weighted by Gasteiger charge is -2.09. The zero-order valence-electron chi connectivity index (χ0n) is 9.83. The molecule has 6 nitrogen and oxygen atoms in total. The summed E-state index contributed by atoms with van der Waals surface area (Å²) in [6, 6.07) is 6.29. The van der Waals surface area contributed by atoms with E-state index in [-0.39, 0.29) is 6.54 Å². The topological polar surface area (TPSA) is 79.5 Å². The fourth-order valence-electron chi connectivity index (χ4n) is 1.12. The molecule has 0 heterocycles. The molecule has 0 spiro atoms. The Balaban J connectivity index is 2.30. The maximum Gasteiger partial charge on any atom is 0.333 e. The van der Waals surface area contributed by atoms with E-state index < -0.39 is 12.0 Å². The molecule has 18 heavy (non-hydrogen) atoms. The van der Waals surface area contributed by atoms with E-state index in [2.05, 4.69) is 20.9 Å². The van der Waals surface area contributed by atoms with Crippen molar-refractivity contribution in [1.29, 1.82) is 0 Å². The van der Waals surface area contributed by atoms with E-state index in [0.717, 1.165) is 0 Å². The number of anilines is 1. The maximum atomic E-state index is 11.4. The highest BCUT2D eigenvalue weighted by molar-refractivity contribution is 6.33. The number of esters is 1. The second kappa shape index (κ2) is 7.52. The van der Waals surface area contributed by atoms with Crippen LogP contribution in [0.2, 0.25) is 5.02 Å². The minimum atomic E-state index is -0.521. The maximum absolute atomic E-state index is 11.4. The van der Waals surface area contributed by atoms with Crippen LogP contribution in [0.3, 0.4) is 0 Å². The highest BCUT2D eigenvalue weighted by Gasteiger charge is 2.05. The lowest BCUT2D eigenvalue weighted by molar-refractivity contribution is -0.142. The van der Waals surface area contributed by atoms with Crippen molar-refractivity contribution in [2.24, 2.45) is 0 Å². The predicted octanol–water partition coefficient (Wildman–Crippen LogP) is 1.53. The first kappa shape index (κ1) is 14.3. The van der Waals surface area contributed by atoms with Gasteiger partial charge in [0, 0.05) is 0 Å². The smallest absolute Gasteiger partial charge is 0.333 e. The van der Waals surface area contributed by atoms with Crippen LogP contribution in [-0.2, 0) is 9.53 Å². The van der Waals surface area contributed by atoms with Crippen molar-refractivity contribution in [3.05, 3.63) is 29.3 Å². The quantitative estimate of drug-likeness (QED) is 0.560. The molecular formula is C11H14ClN3O3. The highest BCUT2D eigenvalue weighted by atomic mass is 35.5. The van der Waals surface area contributed by atoms with Gasteiger partial charge in [0.05, 0.1) is 17.3 Å². The number of carbonyl (C=O) groups excluding carboxylic acids is 2. The highest BCUT2D eigenvalue weighted by Crippen LogP contribution is 2.19. The molecule has 1 aromatic carbocycles. The summed E-state index contributed by atoms with van der Waals surface area (Å²) in [5.74, 6) is -0.449. The molecular weight excluding hydrogens is 258 g/mol. The van der Waals surface area contributed by atoms with Crippen molar-refractivity contribution in [3.8, 4) is 0 Å². The summed E-state index contributed by atoms with van der Waals surface area (Å²) >= 11 is 5.86. The lowest BCUT2D eigenvalue weighted by atomic mass is 10.3. The zero-order valence-corrected chi connectivity index (χ0v) is 10.6. The molecule has 0 aliphatic heterocycles. The summed E-state index contributed by atoms with van der Waals surface area (Å²) < 4.78 is 4.67. The SMILES string of the molecule is CCOC(=O)CNNC(=O)Nc1ccccc1Cl. The largest absolute Gasteiger partial charge is 0.465 e. The number of hydrazine groups is 1. The molecule has 0 aromatic heterocycles. The van der Waals surface area contributed by atoms with Crippen LogP contribution in [0.1, 0.15) is 6.92 Å². The van der Waals surface area contributed by atoms with Crippen LogP contribution in [-0.4, -0.2) is 25.2 Å². The number of ether oxygens (including phenoxy) is 1. The van der Waals surface area contributed by atoms with E-state index in [1.807, 2.05) is 0 Å². The molecule has 0 saturated heterocycles. The number of hydrogen-bond acceptors (Lipinski definition) is 4. The second-order valence-corrected chi connectivity index (χ2v) is 3.62. The minimum absolute atomic E-state index is 0.107. The second-order valence-electron chi connectivity index (χ2n) is 3.22. The number of urea groups is 1. The standard InChI is InChI=1S/C11H14ClN3O3/c1-2-18-10(16)7-13-15-11(17)14-9-6-4-3-5-8(9)12/h3-6,13H,2,7H2,1H3,(H2,14,15,17). The van der Waals surface area contributed by atoms with Gasteiger partial charge in [-0.05, 0) is 19.1 Å². The molecule has 1 aromatic rings. The number of hydrogen-bond donors (Lipinski definition) is 3. The van der Waals surface area contributed by atoms with Crippen molar-refractivity contribution >= 4 is 29.3 Å². The Morgan fingerprint density at radius 2 is 2.06 bits per heavy atom. The van der Waals surface area contributed by atoms with Crippen LogP contribution in [0.25, 0.3) is 0 Å². The van der Waals surface area contributed by atoms with Crippen LogP contribution in [0.15, 0.2) is 24.3 Å². The molecule has 7 heteroatoms. The van der Waals surface area contributed by atoms with E-state index >= 15 is 0 Å². The average Bonchev–Trinajstić information content (AvgIpc) is 2.32. The van der Waals surface area contributed by atoms with Crippen molar-refractivity contribution in [1.82, 2.24) is 10.9 Å². The van der Waals surface area contributed by atoms with Crippen molar-refractivity contribution < 1.29 is 14.3 Å². The molecule has 0 radical (unpaired) electrons. The Kier molecular flexibility index (Phi) is 5.96. The minimum Gasteiger partial charge on any atom is -0.465 e. The number of para-hydroxylation sites is 1. The number of nitrogens with one attached hydrogen (secondary N) is 3. The van der Waals surface area contributed by atoms with Gasteiger partial charge in [-0.1, -0.05) is 23.7 Å². The van der Waals surface area contributed by atoms with Gasteiger partial charge in [-0.15, -0.1) is 0 Å². The Morgan fingerprint density at radius 1 is 1.33 bits per heavy atom. The third kappa shape index (κ3) is 5.03. The van der Waals surface area contributed by atoms with Gasteiger partial charge >= 0.3 is 12.0 Å². The first-order valence-electron chi connectivity index (χ1n) is 5.33. The average molecular weight is 272 g/mol. The van der Waals surface area contributed by atoms with Crippen LogP contribution in [0.4, 0.5) is 10.5 Å². The third-order valence-corrected chi connectivity index (χ3v) is 2.19. The summed E-state index contributed by atoms with van der Waals surface area (Å²) in [6.45, 7) is 1.89. The van der Waals surface area contributed by atoms with Crippen LogP contribution in [0, 0.1) is 0 Å². The van der Waals surface area contributed by atoms with Gasteiger partial charge in [0.25, 0.3) is 0 Å². The fourth-order valence-corrected chi connectivity index (χ4v) is 1.31. The third-order valence-electron chi connectivity index (χ3n) is 1.86. The summed E-state index contributed by atoms with van der Waals surface area (Å²) in [5, 5.41) is 2.95. The van der Waals surface area contributed by atoms with E-state index in [1.165, 1.54) is 0 Å². The molecule has 98 valence electrons. The Hall–Kier alpha value is -1.79. The first-order chi connectivity index (χ1) is 8.63. The van der Waals surface area contributed by atoms with Crippen LogP contribution < -0.4 is 16.2 Å². The van der Waals surface area contributed by atoms with E-state index in [4.69, 9.17) is 11.6 Å². The van der Waals surface area contributed by atoms with Crippen molar-refractivity contribution in [2.45, 2.75) is 6.92 Å². The first-order valence-corrected chi connectivity index (χ1v) is 5.71. The van der Waals surface area contributed by atoms with Gasteiger partial charge in [0.15, 0.2) is 0 Å². The van der Waals surface area contributed by atoms with Gasteiger partial charge in [-0.2, -0.15) is 0 Å². The van der Waals surface area contributed by atoms with Crippen LogP contribution in [0.5, 0.6) is 0 Å². The number of carbonyl (C=O) groups is 2. The lowest BCUT2D eigenvalue weighted by Crippen LogP contribution is -2.43. The van der Waals surface area contributed by atoms with Gasteiger partial charge in [0.1, 0.15) is 6.54 Å². The van der Waals surface area contributed by atoms with E-state index in [9.17, 15) is 9.59 Å². The molecule has 2 amide bonds. The van der Waals surface area contributed by atoms with Gasteiger partial charge < -0.3 is 10.1 Å². The molecule has 0 aliphatic carbocycles. The summed E-state index contributed by atoms with van der Waals surface area (Å²) in [7, 11) is 0. The number of rotatable bonds is 5. The van der Waals surface area contributed by atoms with E-state index in [1.54, 1.807) is 31.2 Å². The Morgan fingerprint density at radius 3 is 2.72 bits per heavy atom. The molecule has 0 unspecified atom stereocenters. The van der Waals surface area contributed by atoms with Gasteiger partial charge in [-0.3, -0.25) is 10.2 Å². The van der Waals surface area contributed by atoms with Gasteiger partial charge in [-0.25, -0.2) is 10.2 Å². The predicted molar refractivity (Wildman–Crippen MR) is 68.2 cm³/mol. The molecule has 3 N–H and O–H groups in total. The molecule has 0 bridgehead atoms. The van der Waals surface area contributed by atoms with Gasteiger partial charge in [0.2, 0.25) is 0 Å². The molecule has 0 fully saturated rings. The normalized spacial score (nSPS) is 9.67. The number of benzene rings is 1. The number of halogens is 1. The molecule has 0 atom stereocenters. The van der Waals surface area contributed by atoms with E-state index in [0.29, 0.717) is 17.3 Å². The summed E-state index contributed by atoms with van der Waals surface area (Å²) in [6.07, 6.45) is 0. The Labute approximate surface area is 110 Å². The van der Waals surface area contributed by atoms with Crippen LogP contribution >= 0.6 is 11.6 Å². The fraction of sp³-hybridized carbons (Fsp3) is 0.273. The molecule has 0 aliphatic rings. The summed E-state index contributed by atoms with van der Waals surface area (Å²) in [5.41, 5.74) is 5.20. The Bertz CT molecular complexity index is 426. The summed E-state index contributed by atoms with van der Waals surface area (Å²) in [4.78, 5) is 22.4. The number of amides is 2. The molecule has 0 saturated carbocycles. The monoisotopic (exact) mass is 271 g/mol. The molecule has 1 rings (SSSR count). The van der Waals surface area contributed by atoms with Crippen molar-refractivity contribution in [3.63, 3.8) is 0 Å².